The van der Waals surface area contributed by atoms with E-state index in [0.29, 0.717) is 5.82 Å². The van der Waals surface area contributed by atoms with E-state index in [1.807, 2.05) is 0 Å². The minimum absolute atomic E-state index is 0.0707. The van der Waals surface area contributed by atoms with Gasteiger partial charge in [-0.2, -0.15) is 0 Å². The summed E-state index contributed by atoms with van der Waals surface area (Å²) in [5.41, 5.74) is 0. The summed E-state index contributed by atoms with van der Waals surface area (Å²) < 4.78 is 5.52. The molecule has 2 N–H and O–H groups in total. The van der Waals surface area contributed by atoms with Crippen molar-refractivity contribution in [1.29, 1.82) is 0 Å². The van der Waals surface area contributed by atoms with Crippen LogP contribution in [0.15, 0.2) is 18.6 Å². The fraction of sp³-hybridized carbons (Fsp3) is 0.545. The van der Waals surface area contributed by atoms with Gasteiger partial charge in [0.2, 0.25) is 0 Å². The quantitative estimate of drug-likeness (QED) is 0.780. The second-order valence-corrected chi connectivity index (χ2v) is 3.90. The Balaban J connectivity index is 1.70. The second kappa shape index (κ2) is 6.27. The van der Waals surface area contributed by atoms with Crippen LogP contribution in [0.5, 0.6) is 0 Å². The average Bonchev–Trinajstić information content (AvgIpc) is 2.39. The number of rotatable bonds is 4. The molecule has 0 bridgehead atoms. The van der Waals surface area contributed by atoms with Crippen molar-refractivity contribution in [2.45, 2.75) is 18.9 Å². The van der Waals surface area contributed by atoms with Gasteiger partial charge in [0, 0.05) is 12.4 Å². The molecule has 0 unspecified atom stereocenters. The van der Waals surface area contributed by atoms with Crippen molar-refractivity contribution in [2.24, 2.45) is 0 Å². The molecule has 0 spiro atoms. The van der Waals surface area contributed by atoms with Gasteiger partial charge in [-0.05, 0) is 25.9 Å². The number of carbonyl (C=O) groups is 1. The smallest absolute Gasteiger partial charge is 0.251 e. The van der Waals surface area contributed by atoms with Crippen LogP contribution in [-0.2, 0) is 9.53 Å². The number of nitrogens with one attached hydrogen (secondary N) is 2. The first-order chi connectivity index (χ1) is 8.34. The number of nitrogens with zero attached hydrogens (tertiary/aromatic N) is 2. The van der Waals surface area contributed by atoms with Crippen LogP contribution in [0.2, 0.25) is 0 Å². The number of anilines is 1. The van der Waals surface area contributed by atoms with E-state index in [2.05, 4.69) is 20.6 Å². The molecule has 6 nitrogen and oxygen atoms in total. The van der Waals surface area contributed by atoms with Crippen LogP contribution >= 0.6 is 0 Å². The molecular formula is C11H16N4O2. The molecule has 17 heavy (non-hydrogen) atoms. The normalized spacial score (nSPS) is 16.7. The van der Waals surface area contributed by atoms with Crippen LogP contribution in [-0.4, -0.2) is 41.7 Å². The summed E-state index contributed by atoms with van der Waals surface area (Å²) in [4.78, 5) is 19.4. The van der Waals surface area contributed by atoms with Gasteiger partial charge in [0.1, 0.15) is 6.61 Å². The molecule has 1 fully saturated rings. The second-order valence-electron chi connectivity index (χ2n) is 3.90. The van der Waals surface area contributed by atoms with Crippen LogP contribution < -0.4 is 10.6 Å². The largest absolute Gasteiger partial charge is 0.368 e. The van der Waals surface area contributed by atoms with Crippen molar-refractivity contribution in [3.05, 3.63) is 18.6 Å². The van der Waals surface area contributed by atoms with Gasteiger partial charge in [0.15, 0.2) is 5.82 Å². The molecule has 1 aromatic rings. The van der Waals surface area contributed by atoms with E-state index in [-0.39, 0.29) is 18.6 Å². The first-order valence-corrected chi connectivity index (χ1v) is 5.73. The number of amides is 1. The molecule has 1 aromatic heterocycles. The molecule has 0 radical (unpaired) electrons. The van der Waals surface area contributed by atoms with Crippen LogP contribution in [0, 0.1) is 0 Å². The van der Waals surface area contributed by atoms with Gasteiger partial charge in [0.05, 0.1) is 12.3 Å². The highest BCUT2D eigenvalue weighted by molar-refractivity contribution is 5.90. The Morgan fingerprint density at radius 2 is 2.29 bits per heavy atom. The Morgan fingerprint density at radius 1 is 1.47 bits per heavy atom. The number of ether oxygens (including phenoxy) is 1. The van der Waals surface area contributed by atoms with Crippen LogP contribution in [0.25, 0.3) is 0 Å². The number of hydrogen-bond acceptors (Lipinski definition) is 5. The lowest BCUT2D eigenvalue weighted by atomic mass is 10.1. The standard InChI is InChI=1S/C11H16N4O2/c16-11(15-10-7-13-5-6-14-10)8-17-9-1-3-12-4-2-9/h5-7,9,12H,1-4,8H2,(H,14,15,16). The summed E-state index contributed by atoms with van der Waals surface area (Å²) in [6.07, 6.45) is 6.69. The highest BCUT2D eigenvalue weighted by Gasteiger charge is 2.14. The molecule has 92 valence electrons. The van der Waals surface area contributed by atoms with Gasteiger partial charge < -0.3 is 15.4 Å². The number of hydrogen-bond donors (Lipinski definition) is 2. The zero-order valence-electron chi connectivity index (χ0n) is 9.56. The average molecular weight is 236 g/mol. The van der Waals surface area contributed by atoms with Crippen LogP contribution in [0.3, 0.4) is 0 Å². The predicted molar refractivity (Wildman–Crippen MR) is 62.5 cm³/mol. The summed E-state index contributed by atoms with van der Waals surface area (Å²) in [6, 6.07) is 0. The van der Waals surface area contributed by atoms with Gasteiger partial charge in [-0.25, -0.2) is 4.98 Å². The fourth-order valence-corrected chi connectivity index (χ4v) is 1.70. The van der Waals surface area contributed by atoms with E-state index in [1.165, 1.54) is 12.4 Å². The molecule has 0 aromatic carbocycles. The van der Waals surface area contributed by atoms with Crippen molar-refractivity contribution >= 4 is 11.7 Å². The van der Waals surface area contributed by atoms with E-state index in [0.717, 1.165) is 25.9 Å². The number of carbonyl (C=O) groups excluding carboxylic acids is 1. The lowest BCUT2D eigenvalue weighted by Crippen LogP contribution is -2.34. The first-order valence-electron chi connectivity index (χ1n) is 5.73. The Kier molecular flexibility index (Phi) is 4.40. The van der Waals surface area contributed by atoms with Crippen molar-refractivity contribution in [1.82, 2.24) is 15.3 Å². The highest BCUT2D eigenvalue weighted by atomic mass is 16.5. The Bertz CT molecular complexity index is 352. The molecule has 2 heterocycles. The first kappa shape index (κ1) is 11.9. The lowest BCUT2D eigenvalue weighted by molar-refractivity contribution is -0.123. The summed E-state index contributed by atoms with van der Waals surface area (Å²) in [7, 11) is 0. The summed E-state index contributed by atoms with van der Waals surface area (Å²) in [6.45, 7) is 1.98. The third-order valence-corrected chi connectivity index (χ3v) is 2.57. The zero-order valence-corrected chi connectivity index (χ0v) is 9.56. The van der Waals surface area contributed by atoms with E-state index in [1.54, 1.807) is 6.20 Å². The van der Waals surface area contributed by atoms with Gasteiger partial charge in [0.25, 0.3) is 5.91 Å². The molecule has 1 saturated heterocycles. The SMILES string of the molecule is O=C(COC1CCNCC1)Nc1cnccn1. The van der Waals surface area contributed by atoms with E-state index < -0.39 is 0 Å². The summed E-state index contributed by atoms with van der Waals surface area (Å²) >= 11 is 0. The van der Waals surface area contributed by atoms with Gasteiger partial charge in [-0.15, -0.1) is 0 Å². The number of piperidine rings is 1. The summed E-state index contributed by atoms with van der Waals surface area (Å²) in [5, 5.41) is 5.87. The van der Waals surface area contributed by atoms with E-state index >= 15 is 0 Å². The molecule has 2 rings (SSSR count). The van der Waals surface area contributed by atoms with Crippen molar-refractivity contribution in [3.8, 4) is 0 Å². The Morgan fingerprint density at radius 3 is 3.00 bits per heavy atom. The monoisotopic (exact) mass is 236 g/mol. The Labute approximate surface area is 99.8 Å². The van der Waals surface area contributed by atoms with Crippen molar-refractivity contribution in [2.75, 3.05) is 25.0 Å². The topological polar surface area (TPSA) is 76.1 Å². The molecule has 0 atom stereocenters. The summed E-state index contributed by atoms with van der Waals surface area (Å²) in [5.74, 6) is 0.260. The third-order valence-electron chi connectivity index (χ3n) is 2.57. The maximum Gasteiger partial charge on any atom is 0.251 e. The van der Waals surface area contributed by atoms with Gasteiger partial charge in [-0.3, -0.25) is 9.78 Å². The minimum Gasteiger partial charge on any atom is -0.368 e. The minimum atomic E-state index is -0.191. The Hall–Kier alpha value is -1.53. The van der Waals surface area contributed by atoms with Gasteiger partial charge in [-0.1, -0.05) is 0 Å². The fourth-order valence-electron chi connectivity index (χ4n) is 1.70. The molecule has 6 heteroatoms. The van der Waals surface area contributed by atoms with E-state index in [4.69, 9.17) is 4.74 Å². The maximum absolute atomic E-state index is 11.5. The zero-order chi connectivity index (χ0) is 11.9. The van der Waals surface area contributed by atoms with Gasteiger partial charge >= 0.3 is 0 Å². The molecule has 1 aliphatic heterocycles. The lowest BCUT2D eigenvalue weighted by Gasteiger charge is -2.22. The predicted octanol–water partition coefficient (Wildman–Crippen LogP) is 0.184. The van der Waals surface area contributed by atoms with Crippen LogP contribution in [0.4, 0.5) is 5.82 Å². The molecule has 0 saturated carbocycles. The maximum atomic E-state index is 11.5. The molecule has 1 aliphatic rings. The van der Waals surface area contributed by atoms with Crippen LogP contribution in [0.1, 0.15) is 12.8 Å². The molecular weight excluding hydrogens is 220 g/mol. The van der Waals surface area contributed by atoms with E-state index in [9.17, 15) is 4.79 Å². The van der Waals surface area contributed by atoms with Crippen molar-refractivity contribution in [3.63, 3.8) is 0 Å². The molecule has 1 amide bonds. The highest BCUT2D eigenvalue weighted by Crippen LogP contribution is 2.07. The third kappa shape index (κ3) is 4.08. The molecule has 0 aliphatic carbocycles. The number of aromatic nitrogens is 2. The van der Waals surface area contributed by atoms with Crippen molar-refractivity contribution < 1.29 is 9.53 Å².